The van der Waals surface area contributed by atoms with Gasteiger partial charge in [-0.25, -0.2) is 4.57 Å². The Morgan fingerprint density at radius 1 is 0.449 bits per heavy atom. The maximum Gasteiger partial charge on any atom is 0.472 e. The Morgan fingerprint density at radius 2 is 0.783 bits per heavy atom. The number of unbranched alkanes of at least 4 members (excludes halogenated alkanes) is 11. The maximum absolute atomic E-state index is 12.9. The summed E-state index contributed by atoms with van der Waals surface area (Å²) < 4.78 is 33.6. The van der Waals surface area contributed by atoms with E-state index in [2.05, 4.69) is 123 Å². The van der Waals surface area contributed by atoms with Crippen molar-refractivity contribution in [3.8, 4) is 0 Å². The highest BCUT2D eigenvalue weighted by Crippen LogP contribution is 2.47. The van der Waals surface area contributed by atoms with E-state index in [4.69, 9.17) is 18.5 Å². The number of hydrogen-bond acceptors (Lipinski definition) is 12. The molecule has 69 heavy (non-hydrogen) atoms. The minimum absolute atomic E-state index is 0.0489. The van der Waals surface area contributed by atoms with Gasteiger partial charge < -0.3 is 39.9 Å². The molecule has 6 N–H and O–H groups in total. The first kappa shape index (κ1) is 63.5. The monoisotopic (exact) mass is 989 g/mol. The molecule has 6 unspecified atom stereocenters. The minimum Gasteiger partial charge on any atom is -0.462 e. The summed E-state index contributed by atoms with van der Waals surface area (Å²) in [5, 5.41) is 50.3. The molecule has 0 aliphatic heterocycles. The summed E-state index contributed by atoms with van der Waals surface area (Å²) in [6.45, 7) is 3.04. The molecule has 1 rings (SSSR count). The lowest BCUT2D eigenvalue weighted by Gasteiger charge is -2.41. The normalized spacial score (nSPS) is 21.8. The minimum atomic E-state index is -5.14. The molecular weight excluding hydrogens is 900 g/mol. The fraction of sp³-hybridized carbons (Fsp3) is 0.636. The third-order valence-electron chi connectivity index (χ3n) is 11.1. The van der Waals surface area contributed by atoms with E-state index >= 15 is 0 Å². The topological polar surface area (TPSA) is 210 Å². The molecule has 6 atom stereocenters. The SMILES string of the molecule is CC/C=C\C/C=C\C/C=C\C/C=C\C/C=C\CCCCCC(=O)OC(COC(=O)CCCCCCCCCC/C=C\C/C=C\C/C=C\C/C=C\CC)COP(=O)(O)OC1C(O)C(O)C(O)C(O)C1O. The highest BCUT2D eigenvalue weighted by molar-refractivity contribution is 7.47. The molecular formula is C55H89O13P. The fourth-order valence-electron chi connectivity index (χ4n) is 7.07. The summed E-state index contributed by atoms with van der Waals surface area (Å²) in [6, 6.07) is 0. The van der Waals surface area contributed by atoms with Gasteiger partial charge in [0.25, 0.3) is 0 Å². The van der Waals surface area contributed by atoms with Gasteiger partial charge in [0.1, 0.15) is 43.2 Å². The van der Waals surface area contributed by atoms with Crippen LogP contribution in [0.5, 0.6) is 0 Å². The van der Waals surface area contributed by atoms with Crippen LogP contribution in [0.2, 0.25) is 0 Å². The van der Waals surface area contributed by atoms with Gasteiger partial charge in [0.05, 0.1) is 6.61 Å². The van der Waals surface area contributed by atoms with Gasteiger partial charge >= 0.3 is 19.8 Å². The van der Waals surface area contributed by atoms with Crippen LogP contribution in [0.1, 0.15) is 168 Å². The third-order valence-corrected chi connectivity index (χ3v) is 12.1. The maximum atomic E-state index is 12.9. The second kappa shape index (κ2) is 43.3. The zero-order valence-corrected chi connectivity index (χ0v) is 42.7. The van der Waals surface area contributed by atoms with Crippen molar-refractivity contribution in [3.63, 3.8) is 0 Å². The largest absolute Gasteiger partial charge is 0.472 e. The molecule has 1 aliphatic rings. The number of aliphatic hydroxyl groups is 5. The number of carbonyl (C=O) groups excluding carboxylic acids is 2. The van der Waals surface area contributed by atoms with Crippen molar-refractivity contribution in [2.75, 3.05) is 13.2 Å². The molecule has 0 heterocycles. The first-order valence-corrected chi connectivity index (χ1v) is 27.2. The van der Waals surface area contributed by atoms with Crippen LogP contribution >= 0.6 is 7.82 Å². The lowest BCUT2D eigenvalue weighted by molar-refractivity contribution is -0.220. The van der Waals surface area contributed by atoms with Crippen LogP contribution in [-0.4, -0.2) is 98.3 Å². The van der Waals surface area contributed by atoms with Crippen molar-refractivity contribution in [1.29, 1.82) is 0 Å². The number of hydrogen-bond donors (Lipinski definition) is 6. The molecule has 0 spiro atoms. The van der Waals surface area contributed by atoms with Gasteiger partial charge in [-0.1, -0.05) is 168 Å². The predicted molar refractivity (Wildman–Crippen MR) is 276 cm³/mol. The zero-order valence-electron chi connectivity index (χ0n) is 41.8. The summed E-state index contributed by atoms with van der Waals surface area (Å²) in [4.78, 5) is 35.9. The molecule has 0 saturated heterocycles. The summed E-state index contributed by atoms with van der Waals surface area (Å²) in [6.07, 6.45) is 47.0. The molecule has 1 aliphatic carbocycles. The number of phosphoric ester groups is 1. The molecule has 0 amide bonds. The highest BCUT2D eigenvalue weighted by atomic mass is 31.2. The quantitative estimate of drug-likeness (QED) is 0.0146. The molecule has 13 nitrogen and oxygen atoms in total. The Hall–Kier alpha value is -3.49. The first-order chi connectivity index (χ1) is 33.4. The van der Waals surface area contributed by atoms with Gasteiger partial charge in [-0.2, -0.15) is 0 Å². The van der Waals surface area contributed by atoms with Gasteiger partial charge in [0.2, 0.25) is 0 Å². The lowest BCUT2D eigenvalue weighted by atomic mass is 9.85. The Morgan fingerprint density at radius 3 is 1.20 bits per heavy atom. The zero-order chi connectivity index (χ0) is 50.6. The fourth-order valence-corrected chi connectivity index (χ4v) is 8.04. The van der Waals surface area contributed by atoms with Gasteiger partial charge in [0.15, 0.2) is 6.10 Å². The molecule has 1 saturated carbocycles. The van der Waals surface area contributed by atoms with Gasteiger partial charge in [-0.05, 0) is 96.3 Å². The summed E-state index contributed by atoms with van der Waals surface area (Å²) in [5.74, 6) is -1.16. The van der Waals surface area contributed by atoms with E-state index < -0.39 is 75.7 Å². The number of phosphoric acid groups is 1. The average molecular weight is 989 g/mol. The predicted octanol–water partition coefficient (Wildman–Crippen LogP) is 11.2. The highest BCUT2D eigenvalue weighted by Gasteiger charge is 2.51. The Labute approximate surface area is 414 Å². The van der Waals surface area contributed by atoms with Crippen LogP contribution in [0.25, 0.3) is 0 Å². The number of rotatable bonds is 41. The summed E-state index contributed by atoms with van der Waals surface area (Å²) in [7, 11) is -5.14. The summed E-state index contributed by atoms with van der Waals surface area (Å²) >= 11 is 0. The molecule has 1 fully saturated rings. The van der Waals surface area contributed by atoms with Crippen molar-refractivity contribution < 1.29 is 63.1 Å². The molecule has 0 aromatic carbocycles. The second-order valence-electron chi connectivity index (χ2n) is 17.3. The molecule has 0 radical (unpaired) electrons. The number of aliphatic hydroxyl groups excluding tert-OH is 5. The van der Waals surface area contributed by atoms with E-state index in [9.17, 15) is 44.6 Å². The van der Waals surface area contributed by atoms with Crippen molar-refractivity contribution in [2.45, 2.75) is 211 Å². The number of carbonyl (C=O) groups is 2. The van der Waals surface area contributed by atoms with Crippen molar-refractivity contribution in [3.05, 3.63) is 109 Å². The average Bonchev–Trinajstić information content (AvgIpc) is 3.33. The number of ether oxygens (including phenoxy) is 2. The van der Waals surface area contributed by atoms with E-state index in [1.54, 1.807) is 0 Å². The molecule has 0 aromatic rings. The number of esters is 2. The van der Waals surface area contributed by atoms with Crippen LogP contribution in [0, 0.1) is 0 Å². The second-order valence-corrected chi connectivity index (χ2v) is 18.7. The van der Waals surface area contributed by atoms with Crippen molar-refractivity contribution in [1.82, 2.24) is 0 Å². The first-order valence-electron chi connectivity index (χ1n) is 25.7. The van der Waals surface area contributed by atoms with Gasteiger partial charge in [0, 0.05) is 12.8 Å². The van der Waals surface area contributed by atoms with Crippen molar-refractivity contribution >= 4 is 19.8 Å². The van der Waals surface area contributed by atoms with E-state index in [-0.39, 0.29) is 12.8 Å². The Bertz CT molecular complexity index is 1610. The van der Waals surface area contributed by atoms with Crippen LogP contribution in [0.4, 0.5) is 0 Å². The Kier molecular flexibility index (Phi) is 39.9. The number of allylic oxidation sites excluding steroid dienone is 18. The standard InChI is InChI=1S/C55H89O13P/c1-3-5-7-9-11-13-15-17-19-21-23-24-26-27-29-31-33-35-37-39-41-43-48(56)65-45-47(46-66-69(63,64)68-55-53(61)51(59)50(58)52(60)54(55)62)67-49(57)44-42-40-38-36-34-32-30-28-25-22-20-18-16-14-12-10-8-6-4-2/h5-8,11-14,17-20,23-25,28,32,34,47,50-55,58-62H,3-4,9-10,15-16,21-22,26-27,29-31,33,35-46H2,1-2H3,(H,63,64)/b7-5-,8-6-,13-11-,14-12-,19-17-,20-18-,24-23-,28-25-,34-32-. The molecule has 392 valence electrons. The molecule has 0 bridgehead atoms. The summed E-state index contributed by atoms with van der Waals surface area (Å²) in [5.41, 5.74) is 0. The van der Waals surface area contributed by atoms with Gasteiger partial charge in [-0.3, -0.25) is 18.6 Å². The van der Waals surface area contributed by atoms with Crippen molar-refractivity contribution in [2.24, 2.45) is 0 Å². The van der Waals surface area contributed by atoms with E-state index in [1.165, 1.54) is 19.3 Å². The van der Waals surface area contributed by atoms with Gasteiger partial charge in [-0.15, -0.1) is 0 Å². The smallest absolute Gasteiger partial charge is 0.462 e. The third kappa shape index (κ3) is 35.3. The lowest BCUT2D eigenvalue weighted by Crippen LogP contribution is -2.64. The van der Waals surface area contributed by atoms with E-state index in [0.717, 1.165) is 109 Å². The van der Waals surface area contributed by atoms with Crippen LogP contribution in [-0.2, 0) is 32.7 Å². The Balaban J connectivity index is 2.44. The van der Waals surface area contributed by atoms with E-state index in [0.29, 0.717) is 12.8 Å². The van der Waals surface area contributed by atoms with Crippen LogP contribution in [0.15, 0.2) is 109 Å². The van der Waals surface area contributed by atoms with Crippen LogP contribution in [0.3, 0.4) is 0 Å². The van der Waals surface area contributed by atoms with Crippen LogP contribution < -0.4 is 0 Å². The molecule has 14 heteroatoms. The molecule has 0 aromatic heterocycles. The van der Waals surface area contributed by atoms with E-state index in [1.807, 2.05) is 0 Å².